The molecule has 0 aliphatic rings. The average Bonchev–Trinajstić information content (AvgIpc) is 3.13. The molecule has 9 heteroatoms. The van der Waals surface area contributed by atoms with Gasteiger partial charge < -0.3 is 5.32 Å². The lowest BCUT2D eigenvalue weighted by Gasteiger charge is -2.05. The van der Waals surface area contributed by atoms with Crippen LogP contribution in [0.15, 0.2) is 76.8 Å². The third-order valence-electron chi connectivity index (χ3n) is 4.86. The van der Waals surface area contributed by atoms with Gasteiger partial charge in [-0.25, -0.2) is 18.9 Å². The monoisotopic (exact) mass is 467 g/mol. The minimum Gasteiger partial charge on any atom is -0.354 e. The SMILES string of the molecule is O=C(Cn1nc2c(SCc3ccc(Cl)cc3)nccn2c1=O)NCCCc1ccccc1. The normalized spacial score (nSPS) is 11.0. The van der Waals surface area contributed by atoms with Crippen LogP contribution < -0.4 is 11.0 Å². The molecule has 0 atom stereocenters. The van der Waals surface area contributed by atoms with E-state index in [9.17, 15) is 9.59 Å². The van der Waals surface area contributed by atoms with E-state index in [1.54, 1.807) is 12.4 Å². The maximum Gasteiger partial charge on any atom is 0.350 e. The van der Waals surface area contributed by atoms with E-state index in [2.05, 4.69) is 27.5 Å². The van der Waals surface area contributed by atoms with Crippen molar-refractivity contribution in [2.24, 2.45) is 0 Å². The number of benzene rings is 2. The highest BCUT2D eigenvalue weighted by Crippen LogP contribution is 2.24. The first-order valence-corrected chi connectivity index (χ1v) is 11.6. The van der Waals surface area contributed by atoms with Gasteiger partial charge in [-0.1, -0.05) is 65.8 Å². The molecule has 0 aliphatic carbocycles. The summed E-state index contributed by atoms with van der Waals surface area (Å²) in [6.07, 6.45) is 4.83. The standard InChI is InChI=1S/C23H22ClN5O2S/c24-19-10-8-18(9-11-19)16-32-22-21-27-29(23(31)28(21)14-13-26-22)15-20(30)25-12-4-7-17-5-2-1-3-6-17/h1-3,5-6,8-11,13-14H,4,7,12,15-16H2,(H,25,30). The molecule has 0 unspecified atom stereocenters. The van der Waals surface area contributed by atoms with Gasteiger partial charge in [0.05, 0.1) is 0 Å². The first kappa shape index (κ1) is 22.1. The van der Waals surface area contributed by atoms with E-state index in [-0.39, 0.29) is 18.1 Å². The molecule has 32 heavy (non-hydrogen) atoms. The number of thioether (sulfide) groups is 1. The highest BCUT2D eigenvalue weighted by atomic mass is 35.5. The summed E-state index contributed by atoms with van der Waals surface area (Å²) in [7, 11) is 0. The largest absolute Gasteiger partial charge is 0.354 e. The Morgan fingerprint density at radius 3 is 2.62 bits per heavy atom. The van der Waals surface area contributed by atoms with E-state index in [0.717, 1.165) is 18.4 Å². The van der Waals surface area contributed by atoms with Gasteiger partial charge in [0.1, 0.15) is 11.6 Å². The number of hydrogen-bond acceptors (Lipinski definition) is 5. The van der Waals surface area contributed by atoms with Gasteiger partial charge in [-0.3, -0.25) is 4.79 Å². The van der Waals surface area contributed by atoms with Crippen molar-refractivity contribution in [1.29, 1.82) is 0 Å². The zero-order chi connectivity index (χ0) is 22.3. The zero-order valence-corrected chi connectivity index (χ0v) is 18.9. The number of rotatable bonds is 9. The number of carbonyl (C=O) groups is 1. The molecule has 0 saturated carbocycles. The van der Waals surface area contributed by atoms with Crippen LogP contribution in [0.2, 0.25) is 5.02 Å². The van der Waals surface area contributed by atoms with Crippen LogP contribution in [-0.4, -0.2) is 31.6 Å². The molecule has 0 bridgehead atoms. The highest BCUT2D eigenvalue weighted by molar-refractivity contribution is 7.98. The Bertz CT molecular complexity index is 1260. The molecule has 2 heterocycles. The van der Waals surface area contributed by atoms with E-state index in [1.165, 1.54) is 26.4 Å². The summed E-state index contributed by atoms with van der Waals surface area (Å²) >= 11 is 7.41. The average molecular weight is 468 g/mol. The van der Waals surface area contributed by atoms with Crippen molar-refractivity contribution >= 4 is 34.9 Å². The molecule has 0 radical (unpaired) electrons. The summed E-state index contributed by atoms with van der Waals surface area (Å²) in [6, 6.07) is 17.7. The molecule has 0 spiro atoms. The Hall–Kier alpha value is -3.10. The second-order valence-electron chi connectivity index (χ2n) is 7.22. The third-order valence-corrected chi connectivity index (χ3v) is 6.15. The smallest absolute Gasteiger partial charge is 0.350 e. The fourth-order valence-corrected chi connectivity index (χ4v) is 4.25. The number of halogens is 1. The van der Waals surface area contributed by atoms with E-state index in [0.29, 0.717) is 28.0 Å². The maximum absolute atomic E-state index is 12.7. The molecule has 0 aliphatic heterocycles. The van der Waals surface area contributed by atoms with Gasteiger partial charge in [-0.15, -0.1) is 5.10 Å². The molecular weight excluding hydrogens is 446 g/mol. The van der Waals surface area contributed by atoms with Gasteiger partial charge >= 0.3 is 5.69 Å². The van der Waals surface area contributed by atoms with Crippen molar-refractivity contribution in [3.05, 3.63) is 93.6 Å². The lowest BCUT2D eigenvalue weighted by Crippen LogP contribution is -2.33. The molecule has 0 fully saturated rings. The molecule has 2 aromatic carbocycles. The number of nitrogens with one attached hydrogen (secondary N) is 1. The molecule has 7 nitrogen and oxygen atoms in total. The molecule has 1 amide bonds. The lowest BCUT2D eigenvalue weighted by molar-refractivity contribution is -0.121. The summed E-state index contributed by atoms with van der Waals surface area (Å²) in [5.74, 6) is 0.416. The number of aryl methyl sites for hydroxylation is 1. The van der Waals surface area contributed by atoms with Gasteiger partial charge in [0, 0.05) is 29.7 Å². The second kappa shape index (κ2) is 10.5. The molecular formula is C23H22ClN5O2S. The summed E-state index contributed by atoms with van der Waals surface area (Å²) in [5.41, 5.74) is 2.39. The molecule has 4 rings (SSSR count). The molecule has 2 aromatic heterocycles. The summed E-state index contributed by atoms with van der Waals surface area (Å²) < 4.78 is 2.59. The third kappa shape index (κ3) is 5.57. The van der Waals surface area contributed by atoms with Crippen LogP contribution >= 0.6 is 23.4 Å². The van der Waals surface area contributed by atoms with Crippen molar-refractivity contribution in [3.63, 3.8) is 0 Å². The van der Waals surface area contributed by atoms with Crippen LogP contribution in [-0.2, 0) is 23.5 Å². The van der Waals surface area contributed by atoms with Crippen molar-refractivity contribution in [2.45, 2.75) is 30.2 Å². The number of amides is 1. The van der Waals surface area contributed by atoms with Crippen molar-refractivity contribution in [3.8, 4) is 0 Å². The van der Waals surface area contributed by atoms with E-state index in [4.69, 9.17) is 11.6 Å². The van der Waals surface area contributed by atoms with Gasteiger partial charge in [0.15, 0.2) is 5.65 Å². The van der Waals surface area contributed by atoms with Gasteiger partial charge in [-0.2, -0.15) is 0 Å². The molecule has 0 saturated heterocycles. The molecule has 1 N–H and O–H groups in total. The predicted octanol–water partition coefficient (Wildman–Crippen LogP) is 3.59. The Labute approximate surface area is 194 Å². The van der Waals surface area contributed by atoms with E-state index >= 15 is 0 Å². The lowest BCUT2D eigenvalue weighted by atomic mass is 10.1. The van der Waals surface area contributed by atoms with Crippen LogP contribution in [0.25, 0.3) is 5.65 Å². The number of nitrogens with zero attached hydrogens (tertiary/aromatic N) is 4. The van der Waals surface area contributed by atoms with E-state index < -0.39 is 0 Å². The quantitative estimate of drug-likeness (QED) is 0.300. The van der Waals surface area contributed by atoms with Crippen LogP contribution in [0.4, 0.5) is 0 Å². The topological polar surface area (TPSA) is 81.3 Å². The minimum atomic E-state index is -0.366. The number of fused-ring (bicyclic) bond motifs is 1. The molecule has 164 valence electrons. The Morgan fingerprint density at radius 2 is 1.84 bits per heavy atom. The van der Waals surface area contributed by atoms with Gasteiger partial charge in [-0.05, 0) is 36.1 Å². The zero-order valence-electron chi connectivity index (χ0n) is 17.3. The fraction of sp³-hybridized carbons (Fsp3) is 0.217. The minimum absolute atomic E-state index is 0.132. The van der Waals surface area contributed by atoms with Gasteiger partial charge in [0.25, 0.3) is 0 Å². The first-order chi connectivity index (χ1) is 15.6. The summed E-state index contributed by atoms with van der Waals surface area (Å²) in [5, 5.41) is 8.52. The summed E-state index contributed by atoms with van der Waals surface area (Å²) in [4.78, 5) is 29.4. The Morgan fingerprint density at radius 1 is 1.06 bits per heavy atom. The number of aromatic nitrogens is 4. The Kier molecular flexibility index (Phi) is 7.24. The van der Waals surface area contributed by atoms with Crippen LogP contribution in [0, 0.1) is 0 Å². The fourth-order valence-electron chi connectivity index (χ4n) is 3.22. The van der Waals surface area contributed by atoms with Crippen molar-refractivity contribution in [2.75, 3.05) is 6.54 Å². The van der Waals surface area contributed by atoms with Gasteiger partial charge in [0.2, 0.25) is 5.91 Å². The van der Waals surface area contributed by atoms with Crippen molar-refractivity contribution in [1.82, 2.24) is 24.5 Å². The van der Waals surface area contributed by atoms with Crippen molar-refractivity contribution < 1.29 is 4.79 Å². The predicted molar refractivity (Wildman–Crippen MR) is 126 cm³/mol. The van der Waals surface area contributed by atoms with E-state index in [1.807, 2.05) is 42.5 Å². The number of hydrogen-bond donors (Lipinski definition) is 1. The first-order valence-electron chi connectivity index (χ1n) is 10.2. The highest BCUT2D eigenvalue weighted by Gasteiger charge is 2.14. The second-order valence-corrected chi connectivity index (χ2v) is 8.62. The van der Waals surface area contributed by atoms with Crippen LogP contribution in [0.1, 0.15) is 17.5 Å². The van der Waals surface area contributed by atoms with Crippen LogP contribution in [0.5, 0.6) is 0 Å². The molecule has 4 aromatic rings. The summed E-state index contributed by atoms with van der Waals surface area (Å²) in [6.45, 7) is 0.409. The maximum atomic E-state index is 12.7. The number of carbonyl (C=O) groups excluding carboxylic acids is 1. The Balaban J connectivity index is 1.37. The van der Waals surface area contributed by atoms with Crippen LogP contribution in [0.3, 0.4) is 0 Å².